The van der Waals surface area contributed by atoms with Gasteiger partial charge in [0, 0.05) is 137 Å². The molecule has 10 aliphatic heterocycles. The first kappa shape index (κ1) is 120. The highest BCUT2D eigenvalue weighted by atomic mass is 32.2. The lowest BCUT2D eigenvalue weighted by atomic mass is 9.77. The fourth-order valence-electron chi connectivity index (χ4n) is 23.5. The molecule has 0 radical (unpaired) electrons. The van der Waals surface area contributed by atoms with Crippen molar-refractivity contribution in [1.82, 2.24) is 46.2 Å². The maximum absolute atomic E-state index is 14.6. The van der Waals surface area contributed by atoms with Crippen LogP contribution in [0.1, 0.15) is 254 Å². The summed E-state index contributed by atoms with van der Waals surface area (Å²) in [5.74, 6) is -3.40. The first-order valence-electron chi connectivity index (χ1n) is 52.0. The fourth-order valence-corrected chi connectivity index (χ4v) is 26.6. The second-order valence-electron chi connectivity index (χ2n) is 44.6. The number of aliphatic hydroxyl groups excluding tert-OH is 6. The molecule has 0 aromatic rings. The van der Waals surface area contributed by atoms with Crippen LogP contribution in [0.4, 0.5) is 4.79 Å². The molecule has 42 atom stereocenters. The highest BCUT2D eigenvalue weighted by molar-refractivity contribution is 8.00. The number of urea groups is 1. The van der Waals surface area contributed by atoms with Crippen LogP contribution in [0.3, 0.4) is 0 Å². The standard InChI is InChI=1S/C50H92N6O13S.C50H91N5O14S/c1-14-36-50(10,63)42(59)31(6)56(21-17-20-52-37(57)19-16-15-18-35-39-33(26-70-35)53-47(51)54-39)25-27(2)23-48(8,62)44(69-46-40(58)34(55(11)12)22-28(3)65-46)29(4)41(30(5)45(61)67-36)68-38-24-49(9,64-13)43(60)32(7)66-38;1-14-36-50(10,63)42(58)31(6)55(21-17-20-51-37(56)19-16-15-18-35-39-33(26-70-35)52-47(61)53-39)25-27(2)23-48(8,62)44(69-46-40(57)34(54(11)12)22-28(3)65-46)29(4)41(30(5)45(60)67-36)68-38-24-49(9,64-13)43(59)32(7)66-38/h27-36,38-44,46,58-60,62-63H,14-26H2,1-13H3,(H,52,57)(H3,51,53,54);27-36,38-44,46,57-59,62-63H,14-26H2,1-13H3,(H,51,56)(H2,52,53,61)/t2*27-,28-,29+,30-,31-,32+,33+,34+,35+,36-,38+,39+,40-,41+,42-,43+,44-,46+,48-,49-,50-/m11/s1. The fraction of sp³-hybridized carbons (Fsp3) is 0.940. The first-order valence-corrected chi connectivity index (χ1v) is 54.0. The van der Waals surface area contributed by atoms with Gasteiger partial charge in [0.05, 0.1) is 107 Å². The van der Waals surface area contributed by atoms with E-state index in [4.69, 9.17) is 62.6 Å². The summed E-state index contributed by atoms with van der Waals surface area (Å²) in [4.78, 5) is 79.4. The van der Waals surface area contributed by atoms with Crippen LogP contribution in [-0.2, 0) is 76.0 Å². The van der Waals surface area contributed by atoms with Crippen LogP contribution in [0.2, 0.25) is 0 Å². The zero-order valence-electron chi connectivity index (χ0n) is 88.7. The van der Waals surface area contributed by atoms with Crippen LogP contribution >= 0.6 is 23.5 Å². The first-order chi connectivity index (χ1) is 65.5. The molecule has 0 aromatic carbocycles. The number of rotatable bonds is 32. The summed E-state index contributed by atoms with van der Waals surface area (Å²) in [6.07, 6.45) is -10.9. The lowest BCUT2D eigenvalue weighted by Crippen LogP contribution is -2.60. The molecule has 10 rings (SSSR count). The SMILES string of the molecule is CC[C@H]1OC(=O)[C@H](C)[C@@H](O[C@H]2C[C@@](C)(OC)[C@@H](O)[C@H](C)O2)[C@H](C)[C@@H](O[C@@H]2O[C@H](C)C[C@H](N(C)C)[C@H]2O)[C@](C)(O)C[C@@H](C)CN(CCCNC(=O)CCCC[C@@H]2SC[C@@H]3NC(=O)N[C@@H]32)[C@H](C)[C@@H](O)[C@]1(C)O.CC[C@H]1OC(=O)[C@H](C)[C@@H](O[C@H]2C[C@@](C)(OC)[C@@H](O)[C@H](C)O2)[C@H](C)[C@@H](O[C@@H]2O[C@H](C)C[C@H](N(C)C)[C@H]2O)[C@](C)(O)C[C@@H](C)CN(CCCNC(=O)CCCC[C@@H]2SC[C@@H]3NC(N)=N[C@@H]32)[C@H](C)[C@@H](O)[C@]1(C)O. The monoisotopic (exact) mass is 2030 g/mol. The van der Waals surface area contributed by atoms with Crippen molar-refractivity contribution in [2.45, 2.75) is 469 Å². The van der Waals surface area contributed by atoms with Crippen LogP contribution < -0.4 is 32.3 Å². The number of aliphatic imine (C=N–C) groups is 1. The van der Waals surface area contributed by atoms with Crippen LogP contribution in [0, 0.1) is 35.5 Å². The number of amides is 4. The molecule has 9 saturated heterocycles. The quantitative estimate of drug-likeness (QED) is 0.0248. The third-order valence-corrected chi connectivity index (χ3v) is 35.1. The normalized spacial score (nSPS) is 44.7. The molecule has 38 nitrogen and oxygen atoms in total. The Labute approximate surface area is 841 Å². The molecule has 9 fully saturated rings. The van der Waals surface area contributed by atoms with Gasteiger partial charge in [0.15, 0.2) is 31.1 Å². The van der Waals surface area contributed by atoms with E-state index >= 15 is 0 Å². The number of carbonyl (C=O) groups is 5. The van der Waals surface area contributed by atoms with Crippen molar-refractivity contribution < 1.29 is 132 Å². The minimum absolute atomic E-state index is 0.0308. The number of nitrogens with two attached hydrogens (primary N) is 1. The van der Waals surface area contributed by atoms with Gasteiger partial charge in [-0.2, -0.15) is 23.5 Å². The number of esters is 2. The smallest absolute Gasteiger partial charge is 0.315 e. The zero-order chi connectivity index (χ0) is 104. The number of nitrogens with zero attached hydrogens (tertiary/aromatic N) is 5. The van der Waals surface area contributed by atoms with Crippen molar-refractivity contribution in [1.29, 1.82) is 0 Å². The third kappa shape index (κ3) is 30.3. The molecule has 17 N–H and O–H groups in total. The molecule has 0 aromatic heterocycles. The Bertz CT molecular complexity index is 3900. The second-order valence-corrected chi connectivity index (χ2v) is 47.1. The maximum atomic E-state index is 14.6. The number of methoxy groups -OCH3 is 2. The largest absolute Gasteiger partial charge is 0.459 e. The Kier molecular flexibility index (Phi) is 44.5. The van der Waals surface area contributed by atoms with E-state index in [9.17, 15) is 75.0 Å². The van der Waals surface area contributed by atoms with Gasteiger partial charge >= 0.3 is 18.0 Å². The Morgan fingerprint density at radius 2 is 0.914 bits per heavy atom. The number of thioether (sulfide) groups is 2. The molecule has 0 saturated carbocycles. The topological polar surface area (TPSA) is 510 Å². The van der Waals surface area contributed by atoms with E-state index in [-0.39, 0.29) is 111 Å². The van der Waals surface area contributed by atoms with E-state index in [1.807, 2.05) is 127 Å². The highest BCUT2D eigenvalue weighted by Gasteiger charge is 2.58. The van der Waals surface area contributed by atoms with Gasteiger partial charge in [0.2, 0.25) is 11.8 Å². The molecule has 4 amide bonds. The zero-order valence-corrected chi connectivity index (χ0v) is 90.3. The summed E-state index contributed by atoms with van der Waals surface area (Å²) in [7, 11) is 10.5. The number of ether oxygens (including phenoxy) is 12. The van der Waals surface area contributed by atoms with Gasteiger partial charge in [-0.1, -0.05) is 54.4 Å². The number of hydrogen-bond acceptors (Lipinski definition) is 36. The molecule has 10 heterocycles. The summed E-state index contributed by atoms with van der Waals surface area (Å²) >= 11 is 3.77. The summed E-state index contributed by atoms with van der Waals surface area (Å²) in [6, 6.07) is -1.28. The number of fused-ring (bicyclic) bond motifs is 2. The summed E-state index contributed by atoms with van der Waals surface area (Å²) < 4.78 is 76.2. The minimum atomic E-state index is -1.91. The molecule has 0 bridgehead atoms. The third-order valence-electron chi connectivity index (χ3n) is 32.1. The van der Waals surface area contributed by atoms with Gasteiger partial charge in [0.1, 0.15) is 60.0 Å². The predicted octanol–water partition coefficient (Wildman–Crippen LogP) is 4.61. The van der Waals surface area contributed by atoms with Crippen LogP contribution in [-0.4, -0.2) is 415 Å². The van der Waals surface area contributed by atoms with E-state index < -0.39 is 192 Å². The van der Waals surface area contributed by atoms with E-state index in [0.29, 0.717) is 100 Å². The average Bonchev–Trinajstić information content (AvgIpc) is 1.57. The highest BCUT2D eigenvalue weighted by Crippen LogP contribution is 2.46. The van der Waals surface area contributed by atoms with Crippen molar-refractivity contribution in [3.63, 3.8) is 0 Å². The van der Waals surface area contributed by atoms with E-state index in [0.717, 1.165) is 50.0 Å². The maximum Gasteiger partial charge on any atom is 0.315 e. The Morgan fingerprint density at radius 1 is 0.521 bits per heavy atom. The van der Waals surface area contributed by atoms with Crippen molar-refractivity contribution in [2.75, 3.05) is 93.2 Å². The minimum Gasteiger partial charge on any atom is -0.459 e. The molecule has 140 heavy (non-hydrogen) atoms. The van der Waals surface area contributed by atoms with Gasteiger partial charge in [-0.15, -0.1) is 0 Å². The molecule has 0 aliphatic carbocycles. The van der Waals surface area contributed by atoms with Gasteiger partial charge in [-0.3, -0.25) is 29.0 Å². The van der Waals surface area contributed by atoms with E-state index in [1.165, 1.54) is 28.1 Å². The number of hydrogen-bond donors (Lipinski definition) is 16. The molecule has 10 aliphatic rings. The Morgan fingerprint density at radius 3 is 1.31 bits per heavy atom. The molecular formula is C100H183N11O27S2. The number of carbonyl (C=O) groups excluding carboxylic acids is 5. The molecule has 40 heteroatoms. The number of guanidine groups is 1. The lowest BCUT2D eigenvalue weighted by Gasteiger charge is -2.48. The van der Waals surface area contributed by atoms with Crippen molar-refractivity contribution in [3.8, 4) is 0 Å². The van der Waals surface area contributed by atoms with Crippen LogP contribution in [0.15, 0.2) is 4.99 Å². The summed E-state index contributed by atoms with van der Waals surface area (Å²) in [6.45, 7) is 37.5. The van der Waals surface area contributed by atoms with Crippen molar-refractivity contribution >= 4 is 59.3 Å². The number of cyclic esters (lactones) is 2. The average molecular weight is 2040 g/mol. The van der Waals surface area contributed by atoms with E-state index in [1.54, 1.807) is 69.2 Å². The number of likely N-dealkylation sites (N-methyl/N-ethyl adjacent to an activating group) is 2. The number of unbranched alkanes of at least 4 members (excludes halogenated alkanes) is 2. The van der Waals surface area contributed by atoms with Gasteiger partial charge < -0.3 is 150 Å². The van der Waals surface area contributed by atoms with Crippen molar-refractivity contribution in [3.05, 3.63) is 0 Å². The summed E-state index contributed by atoms with van der Waals surface area (Å²) in [5, 5.41) is 136. The molecule has 812 valence electrons. The number of nitrogens with one attached hydrogen (secondary N) is 5. The predicted molar refractivity (Wildman–Crippen MR) is 533 cm³/mol. The van der Waals surface area contributed by atoms with Crippen LogP contribution in [0.25, 0.3) is 0 Å². The molecular weight excluding hydrogens is 1850 g/mol. The second kappa shape index (κ2) is 52.1. The Hall–Kier alpha value is -3.84. The van der Waals surface area contributed by atoms with Crippen molar-refractivity contribution in [2.24, 2.45) is 46.2 Å². The van der Waals surface area contributed by atoms with Gasteiger partial charge in [0.25, 0.3) is 0 Å². The number of aliphatic hydroxyl groups is 10. The van der Waals surface area contributed by atoms with E-state index in [2.05, 4.69) is 31.6 Å². The van der Waals surface area contributed by atoms with Gasteiger partial charge in [-0.25, -0.2) is 9.79 Å². The van der Waals surface area contributed by atoms with Gasteiger partial charge in [-0.05, 0) is 214 Å². The Balaban J connectivity index is 0.000000313. The van der Waals surface area contributed by atoms with Crippen LogP contribution in [0.5, 0.6) is 0 Å². The summed E-state index contributed by atoms with van der Waals surface area (Å²) in [5.41, 5.74) is -3.34. The molecule has 0 unspecified atom stereocenters. The molecule has 0 spiro atoms. The lowest BCUT2D eigenvalue weighted by molar-refractivity contribution is -0.318.